The third kappa shape index (κ3) is 4.25. The van der Waals surface area contributed by atoms with E-state index in [1.807, 2.05) is 11.8 Å². The number of halogens is 1. The highest BCUT2D eigenvalue weighted by Crippen LogP contribution is 2.36. The summed E-state index contributed by atoms with van der Waals surface area (Å²) in [7, 11) is 0. The number of thioether (sulfide) groups is 1. The molecule has 2 heterocycles. The first-order chi connectivity index (χ1) is 13.2. The molecule has 0 aromatic heterocycles. The van der Waals surface area contributed by atoms with Crippen LogP contribution >= 0.6 is 27.7 Å². The van der Waals surface area contributed by atoms with Crippen molar-refractivity contribution < 1.29 is 0 Å². The molecule has 0 bridgehead atoms. The predicted molar refractivity (Wildman–Crippen MR) is 120 cm³/mol. The van der Waals surface area contributed by atoms with E-state index < -0.39 is 0 Å². The van der Waals surface area contributed by atoms with Gasteiger partial charge in [-0.05, 0) is 18.1 Å². The minimum absolute atomic E-state index is 0.211. The van der Waals surface area contributed by atoms with Gasteiger partial charge in [-0.3, -0.25) is 9.89 Å². The number of piperazine rings is 1. The molecule has 2 aliphatic heterocycles. The van der Waals surface area contributed by atoms with E-state index in [0.717, 1.165) is 38.1 Å². The van der Waals surface area contributed by atoms with Crippen molar-refractivity contribution >= 4 is 32.9 Å². The summed E-state index contributed by atoms with van der Waals surface area (Å²) < 4.78 is 0.211. The summed E-state index contributed by atoms with van der Waals surface area (Å²) >= 11 is 5.58. The van der Waals surface area contributed by atoms with E-state index in [-0.39, 0.29) is 4.75 Å². The molecule has 1 fully saturated rings. The van der Waals surface area contributed by atoms with E-state index in [4.69, 9.17) is 4.99 Å². The number of nitrogens with zero attached hydrogens (tertiary/aromatic N) is 3. The van der Waals surface area contributed by atoms with Gasteiger partial charge in [-0.15, -0.1) is 0 Å². The highest BCUT2D eigenvalue weighted by molar-refractivity contribution is 9.09. The lowest BCUT2D eigenvalue weighted by molar-refractivity contribution is 0.152. The van der Waals surface area contributed by atoms with Gasteiger partial charge in [0.25, 0.3) is 0 Å². The molecule has 0 radical (unpaired) electrons. The summed E-state index contributed by atoms with van der Waals surface area (Å²) in [6, 6.07) is 22.1. The summed E-state index contributed by atoms with van der Waals surface area (Å²) in [6.07, 6.45) is 0. The maximum atomic E-state index is 4.83. The Morgan fingerprint density at radius 1 is 0.963 bits per heavy atom. The molecule has 0 amide bonds. The summed E-state index contributed by atoms with van der Waals surface area (Å²) in [5, 5.41) is 2.22. The molecule has 2 aromatic carbocycles. The van der Waals surface area contributed by atoms with Gasteiger partial charge in [-0.2, -0.15) is 0 Å². The van der Waals surface area contributed by atoms with Crippen molar-refractivity contribution in [1.29, 1.82) is 0 Å². The van der Waals surface area contributed by atoms with Crippen molar-refractivity contribution in [3.05, 3.63) is 71.8 Å². The lowest BCUT2D eigenvalue weighted by atomic mass is 9.96. The Labute approximate surface area is 175 Å². The van der Waals surface area contributed by atoms with E-state index >= 15 is 0 Å². The molecule has 2 aliphatic rings. The van der Waals surface area contributed by atoms with Crippen LogP contribution < -0.4 is 0 Å². The van der Waals surface area contributed by atoms with Gasteiger partial charge in [0.15, 0.2) is 5.17 Å². The quantitative estimate of drug-likeness (QED) is 0.640. The molecule has 5 heteroatoms. The van der Waals surface area contributed by atoms with Gasteiger partial charge in [0.1, 0.15) is 0 Å². The van der Waals surface area contributed by atoms with Gasteiger partial charge in [-0.25, -0.2) is 0 Å². The van der Waals surface area contributed by atoms with Crippen molar-refractivity contribution in [2.75, 3.05) is 38.1 Å². The summed E-state index contributed by atoms with van der Waals surface area (Å²) in [6.45, 7) is 7.40. The Balaban J connectivity index is 1.48. The van der Waals surface area contributed by atoms with E-state index in [9.17, 15) is 0 Å². The number of hydrogen-bond acceptors (Lipinski definition) is 4. The first-order valence-electron chi connectivity index (χ1n) is 9.57. The minimum atomic E-state index is 0.211. The van der Waals surface area contributed by atoms with Crippen LogP contribution in [-0.2, 0) is 0 Å². The van der Waals surface area contributed by atoms with E-state index in [1.165, 1.54) is 16.3 Å². The number of aliphatic imine (C=N–C) groups is 1. The van der Waals surface area contributed by atoms with Crippen LogP contribution in [0.4, 0.5) is 0 Å². The van der Waals surface area contributed by atoms with Gasteiger partial charge in [0, 0.05) is 31.5 Å². The highest BCUT2D eigenvalue weighted by atomic mass is 79.9. The number of hydrogen-bond donors (Lipinski definition) is 0. The van der Waals surface area contributed by atoms with E-state index in [1.54, 1.807) is 0 Å². The molecule has 1 atom stereocenters. The van der Waals surface area contributed by atoms with Crippen molar-refractivity contribution in [3.8, 4) is 0 Å². The summed E-state index contributed by atoms with van der Waals surface area (Å²) in [5.74, 6) is 0. The standard InChI is InChI=1S/C22H26BrN3S/c1-22(16-23)17-24-21(27-22)26-14-12-25(13-15-26)20(18-8-4-2-5-9-18)19-10-6-3-7-11-19/h2-11,20H,12-17H2,1H3. The average molecular weight is 444 g/mol. The summed E-state index contributed by atoms with van der Waals surface area (Å²) in [5.41, 5.74) is 2.74. The van der Waals surface area contributed by atoms with Crippen molar-refractivity contribution in [2.24, 2.45) is 4.99 Å². The monoisotopic (exact) mass is 443 g/mol. The fraction of sp³-hybridized carbons (Fsp3) is 0.409. The average Bonchev–Trinajstić information content (AvgIpc) is 3.13. The molecule has 1 saturated heterocycles. The van der Waals surface area contributed by atoms with E-state index in [0.29, 0.717) is 6.04 Å². The SMILES string of the molecule is CC1(CBr)CN=C(N2CCN(C(c3ccccc3)c3ccccc3)CC2)S1. The molecule has 4 rings (SSSR count). The number of benzene rings is 2. The Kier molecular flexibility index (Phi) is 5.90. The molecule has 2 aromatic rings. The number of alkyl halides is 1. The maximum Gasteiger partial charge on any atom is 0.159 e. The van der Waals surface area contributed by atoms with Crippen LogP contribution in [0.15, 0.2) is 65.7 Å². The van der Waals surface area contributed by atoms with Crippen LogP contribution in [-0.4, -0.2) is 57.8 Å². The smallest absolute Gasteiger partial charge is 0.159 e. The molecule has 3 nitrogen and oxygen atoms in total. The second kappa shape index (κ2) is 8.38. The maximum absolute atomic E-state index is 4.83. The zero-order valence-corrected chi connectivity index (χ0v) is 18.1. The lowest BCUT2D eigenvalue weighted by Gasteiger charge is -2.40. The van der Waals surface area contributed by atoms with Crippen LogP contribution in [0.25, 0.3) is 0 Å². The molecule has 0 spiro atoms. The van der Waals surface area contributed by atoms with Gasteiger partial charge in [-0.1, -0.05) is 88.4 Å². The topological polar surface area (TPSA) is 18.8 Å². The second-order valence-corrected chi connectivity index (χ2v) is 9.65. The molecule has 0 N–H and O–H groups in total. The van der Waals surface area contributed by atoms with Gasteiger partial charge < -0.3 is 4.90 Å². The zero-order valence-electron chi connectivity index (χ0n) is 15.7. The molecular weight excluding hydrogens is 418 g/mol. The number of rotatable bonds is 4. The number of amidine groups is 1. The van der Waals surface area contributed by atoms with Crippen molar-refractivity contribution in [3.63, 3.8) is 0 Å². The first kappa shape index (κ1) is 19.0. The Morgan fingerprint density at radius 3 is 2.00 bits per heavy atom. The Bertz CT molecular complexity index is 735. The van der Waals surface area contributed by atoms with Crippen LogP contribution in [0.1, 0.15) is 24.1 Å². The first-order valence-corrected chi connectivity index (χ1v) is 11.5. The second-order valence-electron chi connectivity index (χ2n) is 7.53. The Hall–Kier alpha value is -1.30. The summed E-state index contributed by atoms with van der Waals surface area (Å²) in [4.78, 5) is 9.92. The van der Waals surface area contributed by atoms with Crippen LogP contribution in [0, 0.1) is 0 Å². The largest absolute Gasteiger partial charge is 0.349 e. The third-order valence-corrected chi connectivity index (χ3v) is 8.29. The van der Waals surface area contributed by atoms with Crippen molar-refractivity contribution in [1.82, 2.24) is 9.80 Å². The molecular formula is C22H26BrN3S. The Morgan fingerprint density at radius 2 is 1.52 bits per heavy atom. The predicted octanol–water partition coefficient (Wildman–Crippen LogP) is 4.65. The van der Waals surface area contributed by atoms with Crippen LogP contribution in [0.3, 0.4) is 0 Å². The normalized spacial score (nSPS) is 23.7. The molecule has 0 aliphatic carbocycles. The zero-order chi connectivity index (χ0) is 18.7. The highest BCUT2D eigenvalue weighted by Gasteiger charge is 2.35. The molecule has 0 saturated carbocycles. The van der Waals surface area contributed by atoms with E-state index in [2.05, 4.69) is 93.3 Å². The third-order valence-electron chi connectivity index (χ3n) is 5.35. The molecule has 1 unspecified atom stereocenters. The fourth-order valence-electron chi connectivity index (χ4n) is 3.81. The van der Waals surface area contributed by atoms with Crippen LogP contribution in [0.2, 0.25) is 0 Å². The van der Waals surface area contributed by atoms with Crippen molar-refractivity contribution in [2.45, 2.75) is 17.7 Å². The van der Waals surface area contributed by atoms with Crippen LogP contribution in [0.5, 0.6) is 0 Å². The lowest BCUT2D eigenvalue weighted by Crippen LogP contribution is -2.49. The minimum Gasteiger partial charge on any atom is -0.349 e. The fourth-order valence-corrected chi connectivity index (χ4v) is 5.40. The molecule has 27 heavy (non-hydrogen) atoms. The van der Waals surface area contributed by atoms with Gasteiger partial charge >= 0.3 is 0 Å². The molecule has 142 valence electrons. The van der Waals surface area contributed by atoms with Gasteiger partial charge in [0.05, 0.1) is 17.3 Å². The van der Waals surface area contributed by atoms with Gasteiger partial charge in [0.2, 0.25) is 0 Å².